The summed E-state index contributed by atoms with van der Waals surface area (Å²) in [5.74, 6) is 0.495. The van der Waals surface area contributed by atoms with E-state index in [9.17, 15) is 28.8 Å². The van der Waals surface area contributed by atoms with Crippen molar-refractivity contribution < 1.29 is 51.1 Å². The first kappa shape index (κ1) is 96.9. The fraction of sp³-hybridized carbons (Fsp3) is 0.382. The number of nitrogens with one attached hydrogen (secondary N) is 2. The van der Waals surface area contributed by atoms with Crippen LogP contribution in [-0.2, 0) is 0 Å². The first-order valence-corrected chi connectivity index (χ1v) is 38.0. The van der Waals surface area contributed by atoms with Crippen LogP contribution in [0.3, 0.4) is 0 Å². The Morgan fingerprint density at radius 1 is 0.402 bits per heavy atom. The molecule has 0 bridgehead atoms. The molecule has 6 aromatic carbocycles. The number of ketones is 6. The maximum atomic E-state index is 12.1. The Labute approximate surface area is 640 Å². The van der Waals surface area contributed by atoms with Crippen LogP contribution < -0.4 is 32.9 Å². The van der Waals surface area contributed by atoms with Gasteiger partial charge in [-0.3, -0.25) is 28.8 Å². The highest BCUT2D eigenvalue weighted by molar-refractivity contribution is 9.93. The fourth-order valence-corrected chi connectivity index (χ4v) is 9.22. The topological polar surface area (TPSA) is 143 Å². The van der Waals surface area contributed by atoms with Crippen molar-refractivity contribution in [2.75, 3.05) is 10.7 Å². The van der Waals surface area contributed by atoms with Crippen molar-refractivity contribution >= 4 is 211 Å². The highest BCUT2D eigenvalue weighted by Gasteiger charge is 2.25. The predicted octanol–water partition coefficient (Wildman–Crippen LogP) is 20.0. The molecule has 0 aliphatic heterocycles. The van der Waals surface area contributed by atoms with Crippen LogP contribution in [0.5, 0.6) is 0 Å². The van der Waals surface area contributed by atoms with Crippen LogP contribution in [0.4, 0.5) is 0 Å². The van der Waals surface area contributed by atoms with E-state index in [0.717, 1.165) is 0 Å². The van der Waals surface area contributed by atoms with Gasteiger partial charge in [0.05, 0.1) is 38.0 Å². The lowest BCUT2D eigenvalue weighted by Gasteiger charge is -2.25. The van der Waals surface area contributed by atoms with E-state index in [2.05, 4.69) is 96.8 Å². The van der Waals surface area contributed by atoms with Crippen LogP contribution in [0.25, 0.3) is 0 Å². The Hall–Kier alpha value is -1.48. The minimum Gasteiger partial charge on any atom is -1.00 e. The molecule has 0 fully saturated rings. The van der Waals surface area contributed by atoms with Gasteiger partial charge in [0.1, 0.15) is 6.04 Å². The van der Waals surface area contributed by atoms with Gasteiger partial charge in [-0.15, -0.1) is 46.4 Å². The summed E-state index contributed by atoms with van der Waals surface area (Å²) in [5.41, 5.74) is 3.86. The summed E-state index contributed by atoms with van der Waals surface area (Å²) in [7, 11) is 0. The number of benzene rings is 6. The van der Waals surface area contributed by atoms with Crippen molar-refractivity contribution in [1.82, 2.24) is 10.6 Å². The highest BCUT2D eigenvalue weighted by atomic mass is 80.9. The average Bonchev–Trinajstić information content (AvgIpc) is 2.95. The molecule has 0 amide bonds. The van der Waals surface area contributed by atoms with Crippen LogP contribution in [0, 0.1) is 0 Å². The van der Waals surface area contributed by atoms with E-state index in [0.29, 0.717) is 69.9 Å². The molecule has 9 nitrogen and oxygen atoms in total. The summed E-state index contributed by atoms with van der Waals surface area (Å²) < 4.78 is 0. The fourth-order valence-electron chi connectivity index (χ4n) is 7.55. The summed E-state index contributed by atoms with van der Waals surface area (Å²) in [4.78, 5) is 69.8. The first-order chi connectivity index (χ1) is 42.2. The molecule has 5 unspecified atom stereocenters. The van der Waals surface area contributed by atoms with Crippen LogP contribution >= 0.6 is 176 Å². The number of halogens is 15. The largest absolute Gasteiger partial charge is 1.00 e. The Morgan fingerprint density at radius 3 is 0.804 bits per heavy atom. The quantitative estimate of drug-likeness (QED) is 0.0681. The number of carbonyl (C=O) groups is 6. The Kier molecular flexibility index (Phi) is 55.4. The predicted molar refractivity (Wildman–Crippen MR) is 409 cm³/mol. The van der Waals surface area contributed by atoms with Crippen LogP contribution in [-0.4, -0.2) is 89.8 Å². The number of rotatable bonds is 15. The third-order valence-corrected chi connectivity index (χ3v) is 13.2. The van der Waals surface area contributed by atoms with Gasteiger partial charge in [0.25, 0.3) is 0 Å². The third-order valence-electron chi connectivity index (χ3n) is 11.0. The van der Waals surface area contributed by atoms with Crippen molar-refractivity contribution in [3.05, 3.63) is 209 Å². The summed E-state index contributed by atoms with van der Waals surface area (Å²) in [6.45, 7) is 29.6. The monoisotopic (exact) mass is 1780 g/mol. The SMILES string of the molecule is BrBr.CC(Br)C(=O)c1cccc(Cl)c1.CC(Br)C(=O)c1cccc(Cl)c1.CC(NC(C)(C)C)C(=O)c1cccc(Cl)c1.CC(NC(C)(C)C)C(=O)c1cccc(Cl)c1.CC([NH2+]C(C)(C)C)C(=O)c1cccc(Cl)c1.CCC(=O)c1cccc(Cl)c1.ClCCl.ClCCl.[Br-]. The summed E-state index contributed by atoms with van der Waals surface area (Å²) in [5, 5.41) is 12.5. The Bertz CT molecular complexity index is 2880. The van der Waals surface area contributed by atoms with E-state index < -0.39 is 0 Å². The molecular weight excluding hydrogens is 1710 g/mol. The van der Waals surface area contributed by atoms with Gasteiger partial charge in [0, 0.05) is 109 Å². The zero-order valence-corrected chi connectivity index (χ0v) is 69.6. The van der Waals surface area contributed by atoms with E-state index in [1.165, 1.54) is 0 Å². The van der Waals surface area contributed by atoms with Crippen molar-refractivity contribution in [3.63, 3.8) is 0 Å². The normalized spacial score (nSPS) is 12.0. The number of Topliss-reactive ketones (excluding diaryl/α,β-unsaturated/α-hetero) is 6. The number of carbonyl (C=O) groups excluding carboxylic acids is 6. The number of nitrogens with two attached hydrogens (primary N) is 1. The molecule has 512 valence electrons. The maximum absolute atomic E-state index is 12.1. The summed E-state index contributed by atoms with van der Waals surface area (Å²) in [6, 6.07) is 41.6. The number of alkyl halides is 6. The van der Waals surface area contributed by atoms with Gasteiger partial charge >= 0.3 is 0 Å². The Morgan fingerprint density at radius 2 is 0.609 bits per heavy atom. The van der Waals surface area contributed by atoms with E-state index in [1.54, 1.807) is 159 Å². The number of hydrogen-bond acceptors (Lipinski definition) is 8. The zero-order chi connectivity index (χ0) is 71.0. The van der Waals surface area contributed by atoms with Gasteiger partial charge in [-0.05, 0) is 170 Å². The van der Waals surface area contributed by atoms with Crippen molar-refractivity contribution in [2.45, 2.75) is 155 Å². The molecule has 0 heterocycles. The number of hydrogen-bond donors (Lipinski definition) is 3. The second kappa shape index (κ2) is 52.6. The number of quaternary nitrogens is 1. The van der Waals surface area contributed by atoms with Crippen LogP contribution in [0.15, 0.2) is 146 Å². The molecule has 0 aliphatic carbocycles. The third kappa shape index (κ3) is 47.5. The Balaban J connectivity index is -0.000000494. The van der Waals surface area contributed by atoms with E-state index >= 15 is 0 Å². The molecule has 5 atom stereocenters. The molecule has 6 aromatic rings. The van der Waals surface area contributed by atoms with Gasteiger partial charge in [0.2, 0.25) is 5.78 Å². The van der Waals surface area contributed by atoms with Crippen molar-refractivity contribution in [2.24, 2.45) is 0 Å². The molecule has 6 rings (SSSR count). The maximum Gasteiger partial charge on any atom is 0.219 e. The minimum absolute atomic E-state index is 0. The van der Waals surface area contributed by atoms with Gasteiger partial charge in [0.15, 0.2) is 28.9 Å². The molecular formula is C68H84Br5Cl10N3O6. The van der Waals surface area contributed by atoms with Crippen molar-refractivity contribution in [1.29, 1.82) is 0 Å². The summed E-state index contributed by atoms with van der Waals surface area (Å²) in [6.07, 6.45) is 0.528. The average molecular weight is 1790 g/mol. The van der Waals surface area contributed by atoms with Crippen LogP contribution in [0.2, 0.25) is 30.1 Å². The van der Waals surface area contributed by atoms with Crippen molar-refractivity contribution in [3.8, 4) is 0 Å². The van der Waals surface area contributed by atoms with Gasteiger partial charge in [-0.1, -0.05) is 181 Å². The molecule has 0 radical (unpaired) electrons. The lowest BCUT2D eigenvalue weighted by Crippen LogP contribution is -3.00. The smallest absolute Gasteiger partial charge is 0.219 e. The molecule has 0 spiro atoms. The van der Waals surface area contributed by atoms with Gasteiger partial charge in [-0.25, -0.2) is 0 Å². The van der Waals surface area contributed by atoms with E-state index in [4.69, 9.17) is 116 Å². The first-order valence-electron chi connectivity index (χ1n) is 28.0. The molecule has 0 saturated heterocycles. The molecule has 0 aromatic heterocycles. The van der Waals surface area contributed by atoms with E-state index in [-0.39, 0.29) is 107 Å². The molecule has 92 heavy (non-hydrogen) atoms. The standard InChI is InChI=1S/3C13H18ClNO.2C9H8BrClO.C9H9ClO.2CH2Cl2.Br2.BrH/c3*1-9(15-13(2,3)4)12(16)10-6-5-7-11(14)8-10;2*1-6(10)9(12)7-3-2-4-8(11)5-7;1-2-9(11)7-4-3-5-8(10)6-7;2*2-1-3;1-2;/h3*5-9,15H,1-4H3;2*2-6H,1H3;3-6H,2H2,1H3;2*1H2;;1H. The molecule has 24 heteroatoms. The lowest BCUT2D eigenvalue weighted by atomic mass is 10.0. The zero-order valence-electron chi connectivity index (χ0n) is 54.1. The molecule has 0 aliphatic rings. The second-order valence-corrected chi connectivity index (χ2v) is 29.6. The van der Waals surface area contributed by atoms with E-state index in [1.807, 2.05) is 69.2 Å². The minimum atomic E-state index is -0.210. The van der Waals surface area contributed by atoms with Gasteiger partial charge < -0.3 is 32.9 Å². The second-order valence-electron chi connectivity index (χ2n) is 22.6. The highest BCUT2D eigenvalue weighted by Crippen LogP contribution is 2.19. The summed E-state index contributed by atoms with van der Waals surface area (Å²) >= 11 is 65.7. The van der Waals surface area contributed by atoms with Gasteiger partial charge in [-0.2, -0.15) is 0 Å². The molecule has 4 N–H and O–H groups in total. The van der Waals surface area contributed by atoms with Crippen LogP contribution in [0.1, 0.15) is 172 Å². The lowest BCUT2D eigenvalue weighted by molar-refractivity contribution is -0.732. The molecule has 0 saturated carbocycles.